The molecular weight excluding hydrogens is 416 g/mol. The van der Waals surface area contributed by atoms with Gasteiger partial charge in [-0.3, -0.25) is 4.79 Å². The average Bonchev–Trinajstić information content (AvgIpc) is 3.13. The number of allylic oxidation sites excluding steroid dienone is 1. The molecule has 1 aliphatic carbocycles. The number of morpholine rings is 1. The summed E-state index contributed by atoms with van der Waals surface area (Å²) in [6.07, 6.45) is 1.68. The molecule has 0 aromatic heterocycles. The lowest BCUT2D eigenvalue weighted by molar-refractivity contribution is -0.320. The topological polar surface area (TPSA) is 60.4 Å². The van der Waals surface area contributed by atoms with Gasteiger partial charge in [-0.25, -0.2) is 0 Å². The Labute approximate surface area is 194 Å². The minimum Gasteiger partial charge on any atom is -0.382 e. The van der Waals surface area contributed by atoms with Crippen LogP contribution < -0.4 is 0 Å². The summed E-state index contributed by atoms with van der Waals surface area (Å²) in [5.74, 6) is -1.91. The first-order valence-electron chi connectivity index (χ1n) is 11.4. The summed E-state index contributed by atoms with van der Waals surface area (Å²) in [4.78, 5) is 22.0. The van der Waals surface area contributed by atoms with Crippen molar-refractivity contribution >= 4 is 11.5 Å². The van der Waals surface area contributed by atoms with Gasteiger partial charge in [-0.05, 0) is 44.4 Å². The summed E-state index contributed by atoms with van der Waals surface area (Å²) < 4.78 is 12.4. The number of hydrogen-bond donors (Lipinski definition) is 0. The van der Waals surface area contributed by atoms with Gasteiger partial charge in [0, 0.05) is 31.8 Å². The van der Waals surface area contributed by atoms with Crippen molar-refractivity contribution in [2.75, 3.05) is 20.3 Å². The van der Waals surface area contributed by atoms with Crippen LogP contribution in [0.15, 0.2) is 59.4 Å². The number of rotatable bonds is 4. The molecule has 172 valence electrons. The van der Waals surface area contributed by atoms with Crippen molar-refractivity contribution in [3.8, 4) is 0 Å². The number of ketones is 1. The maximum atomic E-state index is 13.7. The molecular formula is C27H30N2O4. The van der Waals surface area contributed by atoms with Gasteiger partial charge in [-0.2, -0.15) is 0 Å². The van der Waals surface area contributed by atoms with Gasteiger partial charge in [0.15, 0.2) is 5.78 Å². The summed E-state index contributed by atoms with van der Waals surface area (Å²) >= 11 is 0. The number of nitrogens with zero attached hydrogens (tertiary/aromatic N) is 2. The third kappa shape index (κ3) is 3.15. The maximum Gasteiger partial charge on any atom is 0.255 e. The SMILES string of the molecule is COC12OCCN(Cc3ccccc3)C1=CC(=O)[C@H]1C(c3c(C)cc(C)cc3C)=NO[C@]12C. The fraction of sp³-hybridized carbons (Fsp3) is 0.407. The lowest BCUT2D eigenvalue weighted by atomic mass is 9.69. The normalized spacial score (nSPS) is 28.6. The van der Waals surface area contributed by atoms with Crippen LogP contribution in [0, 0.1) is 26.7 Å². The molecule has 2 aromatic rings. The molecule has 0 radical (unpaired) electrons. The molecule has 6 heteroatoms. The van der Waals surface area contributed by atoms with Crippen molar-refractivity contribution in [1.29, 1.82) is 0 Å². The second-order valence-corrected chi connectivity index (χ2v) is 9.39. The van der Waals surface area contributed by atoms with Crippen molar-refractivity contribution in [2.24, 2.45) is 11.1 Å². The van der Waals surface area contributed by atoms with Crippen LogP contribution in [0.3, 0.4) is 0 Å². The van der Waals surface area contributed by atoms with E-state index in [4.69, 9.17) is 14.3 Å². The van der Waals surface area contributed by atoms with E-state index in [9.17, 15) is 4.79 Å². The lowest BCUT2D eigenvalue weighted by Crippen LogP contribution is -2.69. The Balaban J connectivity index is 1.59. The predicted octanol–water partition coefficient (Wildman–Crippen LogP) is 4.06. The molecule has 0 spiro atoms. The Hall–Kier alpha value is -2.96. The minimum atomic E-state index is -1.24. The van der Waals surface area contributed by atoms with Crippen LogP contribution in [-0.2, 0) is 25.7 Å². The molecule has 0 saturated carbocycles. The van der Waals surface area contributed by atoms with Gasteiger partial charge in [0.2, 0.25) is 5.60 Å². The molecule has 1 unspecified atom stereocenters. The van der Waals surface area contributed by atoms with Crippen molar-refractivity contribution in [1.82, 2.24) is 4.90 Å². The predicted molar refractivity (Wildman–Crippen MR) is 126 cm³/mol. The van der Waals surface area contributed by atoms with Crippen LogP contribution >= 0.6 is 0 Å². The van der Waals surface area contributed by atoms with Crippen molar-refractivity contribution in [3.05, 3.63) is 82.1 Å². The highest BCUT2D eigenvalue weighted by Gasteiger charge is 2.69. The molecule has 1 saturated heterocycles. The van der Waals surface area contributed by atoms with Gasteiger partial charge in [-0.1, -0.05) is 53.2 Å². The van der Waals surface area contributed by atoms with E-state index in [1.54, 1.807) is 13.2 Å². The third-order valence-electron chi connectivity index (χ3n) is 7.16. The summed E-state index contributed by atoms with van der Waals surface area (Å²) in [7, 11) is 1.61. The molecule has 2 heterocycles. The van der Waals surface area contributed by atoms with Gasteiger partial charge in [0.1, 0.15) is 11.6 Å². The van der Waals surface area contributed by atoms with E-state index in [-0.39, 0.29) is 5.78 Å². The van der Waals surface area contributed by atoms with Gasteiger partial charge in [0.25, 0.3) is 5.79 Å². The standard InChI is InChI=1S/C27H30N2O4/c1-17-13-18(2)23(19(3)14-17)25-24-21(30)15-22-27(31-5,26(24,4)33-28-25)32-12-11-29(22)16-20-9-7-6-8-10-20/h6-10,13-15,24H,11-12,16H2,1-5H3/t24-,26+,27?/m0/s1. The smallest absolute Gasteiger partial charge is 0.255 e. The molecule has 0 N–H and O–H groups in total. The van der Waals surface area contributed by atoms with Crippen LogP contribution in [0.25, 0.3) is 0 Å². The van der Waals surface area contributed by atoms with Crippen LogP contribution in [-0.4, -0.2) is 48.0 Å². The van der Waals surface area contributed by atoms with Gasteiger partial charge >= 0.3 is 0 Å². The Bertz CT molecular complexity index is 1150. The quantitative estimate of drug-likeness (QED) is 0.709. The Morgan fingerprint density at radius 1 is 1.15 bits per heavy atom. The Kier molecular flexibility index (Phi) is 5.18. The number of benzene rings is 2. The number of fused-ring (bicyclic) bond motifs is 3. The molecule has 0 bridgehead atoms. The second-order valence-electron chi connectivity index (χ2n) is 9.39. The highest BCUT2D eigenvalue weighted by atomic mass is 16.7. The Morgan fingerprint density at radius 3 is 2.52 bits per heavy atom. The summed E-state index contributed by atoms with van der Waals surface area (Å²) in [6.45, 7) is 9.81. The van der Waals surface area contributed by atoms with E-state index >= 15 is 0 Å². The maximum absolute atomic E-state index is 13.7. The van der Waals surface area contributed by atoms with Crippen LogP contribution in [0.2, 0.25) is 0 Å². The zero-order valence-electron chi connectivity index (χ0n) is 19.8. The monoisotopic (exact) mass is 446 g/mol. The van der Waals surface area contributed by atoms with Crippen LogP contribution in [0.1, 0.15) is 34.7 Å². The van der Waals surface area contributed by atoms with Gasteiger partial charge in [0.05, 0.1) is 12.3 Å². The number of oxime groups is 1. The molecule has 2 aliphatic heterocycles. The molecule has 5 rings (SSSR count). The van der Waals surface area contributed by atoms with Crippen LogP contribution in [0.4, 0.5) is 0 Å². The fourth-order valence-corrected chi connectivity index (χ4v) is 5.78. The summed E-state index contributed by atoms with van der Waals surface area (Å²) in [5, 5.41) is 4.50. The largest absolute Gasteiger partial charge is 0.382 e. The Morgan fingerprint density at radius 2 is 1.85 bits per heavy atom. The number of carbonyl (C=O) groups excluding carboxylic acids is 1. The van der Waals surface area contributed by atoms with Crippen molar-refractivity contribution in [3.63, 3.8) is 0 Å². The molecule has 6 nitrogen and oxygen atoms in total. The number of carbonyl (C=O) groups is 1. The zero-order valence-corrected chi connectivity index (χ0v) is 19.8. The first-order valence-corrected chi connectivity index (χ1v) is 11.4. The van der Waals surface area contributed by atoms with Crippen molar-refractivity contribution < 1.29 is 19.1 Å². The van der Waals surface area contributed by atoms with Gasteiger partial charge < -0.3 is 19.2 Å². The summed E-state index contributed by atoms with van der Waals surface area (Å²) in [6, 6.07) is 14.4. The minimum absolute atomic E-state index is 0.0423. The molecule has 1 fully saturated rings. The van der Waals surface area contributed by atoms with E-state index in [1.807, 2.05) is 39.0 Å². The molecule has 33 heavy (non-hydrogen) atoms. The zero-order chi connectivity index (χ0) is 23.4. The number of aryl methyl sites for hydroxylation is 3. The van der Waals surface area contributed by atoms with Crippen molar-refractivity contribution in [2.45, 2.75) is 45.6 Å². The number of hydrogen-bond acceptors (Lipinski definition) is 6. The highest BCUT2D eigenvalue weighted by Crippen LogP contribution is 2.52. The average molecular weight is 447 g/mol. The second kappa shape index (κ2) is 7.82. The van der Waals surface area contributed by atoms with E-state index in [1.165, 1.54) is 5.56 Å². The first-order chi connectivity index (χ1) is 15.8. The first kappa shape index (κ1) is 21.9. The fourth-order valence-electron chi connectivity index (χ4n) is 5.78. The number of methoxy groups -OCH3 is 1. The van der Waals surface area contributed by atoms with E-state index in [2.05, 4.69) is 41.2 Å². The summed E-state index contributed by atoms with van der Waals surface area (Å²) in [5.41, 5.74) is 5.64. The van der Waals surface area contributed by atoms with Gasteiger partial charge in [-0.15, -0.1) is 0 Å². The number of ether oxygens (including phenoxy) is 2. The molecule has 0 amide bonds. The van der Waals surface area contributed by atoms with E-state index < -0.39 is 17.3 Å². The van der Waals surface area contributed by atoms with E-state index in [0.29, 0.717) is 31.1 Å². The highest BCUT2D eigenvalue weighted by molar-refractivity contribution is 6.20. The third-order valence-corrected chi connectivity index (χ3v) is 7.16. The molecule has 3 aliphatic rings. The molecule has 2 aromatic carbocycles. The lowest BCUT2D eigenvalue weighted by Gasteiger charge is -2.53. The molecule has 3 atom stereocenters. The van der Waals surface area contributed by atoms with Crippen LogP contribution in [0.5, 0.6) is 0 Å². The van der Waals surface area contributed by atoms with E-state index in [0.717, 1.165) is 22.3 Å².